The van der Waals surface area contributed by atoms with Crippen LogP contribution in [0.2, 0.25) is 5.02 Å². The second kappa shape index (κ2) is 11.7. The van der Waals surface area contributed by atoms with Gasteiger partial charge < -0.3 is 24.2 Å². The first-order chi connectivity index (χ1) is 16.4. The zero-order chi connectivity index (χ0) is 24.0. The fourth-order valence-corrected chi connectivity index (χ4v) is 5.25. The molecular formula is C25H37ClN4O4. The number of carbonyl (C=O) groups excluding carboxylic acids is 2. The average molecular weight is 493 g/mol. The number of hydrogen-bond donors (Lipinski definition) is 0. The van der Waals surface area contributed by atoms with Crippen LogP contribution in [0.25, 0.3) is 0 Å². The minimum atomic E-state index is -0.415. The third kappa shape index (κ3) is 6.84. The molecule has 0 bridgehead atoms. The first-order valence-corrected chi connectivity index (χ1v) is 12.7. The number of carbonyl (C=O) groups is 2. The van der Waals surface area contributed by atoms with E-state index in [4.69, 9.17) is 21.1 Å². The molecule has 0 N–H and O–H groups in total. The molecule has 8 nitrogen and oxygen atoms in total. The molecule has 3 aliphatic heterocycles. The predicted molar refractivity (Wildman–Crippen MR) is 131 cm³/mol. The molecule has 1 aromatic rings. The maximum atomic E-state index is 13.3. The van der Waals surface area contributed by atoms with Crippen LogP contribution in [0.1, 0.15) is 19.3 Å². The summed E-state index contributed by atoms with van der Waals surface area (Å²) in [5.41, 5.74) is -0.415. The van der Waals surface area contributed by atoms with Crippen LogP contribution in [0.5, 0.6) is 5.75 Å². The second-order valence-corrected chi connectivity index (χ2v) is 10.4. The number of halogens is 1. The van der Waals surface area contributed by atoms with Crippen LogP contribution in [0, 0.1) is 5.41 Å². The van der Waals surface area contributed by atoms with Gasteiger partial charge in [-0.05, 0) is 38.1 Å². The van der Waals surface area contributed by atoms with Crippen LogP contribution in [-0.2, 0) is 14.3 Å². The van der Waals surface area contributed by atoms with Gasteiger partial charge in [0.25, 0.3) is 0 Å². The smallest absolute Gasteiger partial charge is 0.236 e. The molecule has 0 saturated carbocycles. The maximum absolute atomic E-state index is 13.3. The molecule has 1 atom stereocenters. The van der Waals surface area contributed by atoms with Crippen molar-refractivity contribution in [3.63, 3.8) is 0 Å². The second-order valence-electron chi connectivity index (χ2n) is 9.91. The largest absolute Gasteiger partial charge is 0.493 e. The summed E-state index contributed by atoms with van der Waals surface area (Å²) in [6.07, 6.45) is 2.11. The van der Waals surface area contributed by atoms with Gasteiger partial charge in [0.2, 0.25) is 11.8 Å². The summed E-state index contributed by atoms with van der Waals surface area (Å²) in [5, 5.41) is 0.617. The van der Waals surface area contributed by atoms with E-state index in [1.807, 2.05) is 28.0 Å². The number of likely N-dealkylation sites (N-methyl/N-ethyl adjacent to an activating group) is 1. The summed E-state index contributed by atoms with van der Waals surface area (Å²) in [6.45, 7) is 8.24. The Hall–Kier alpha value is -1.87. The molecule has 2 amide bonds. The molecule has 0 aliphatic carbocycles. The Morgan fingerprint density at radius 2 is 1.79 bits per heavy atom. The predicted octanol–water partition coefficient (Wildman–Crippen LogP) is 1.82. The Morgan fingerprint density at radius 1 is 1.03 bits per heavy atom. The van der Waals surface area contributed by atoms with E-state index in [0.717, 1.165) is 58.7 Å². The third-order valence-corrected chi connectivity index (χ3v) is 7.44. The first-order valence-electron chi connectivity index (χ1n) is 12.4. The van der Waals surface area contributed by atoms with Gasteiger partial charge in [-0.3, -0.25) is 14.5 Å². The molecular weight excluding hydrogens is 456 g/mol. The molecule has 3 heterocycles. The lowest BCUT2D eigenvalue weighted by atomic mass is 9.77. The van der Waals surface area contributed by atoms with E-state index >= 15 is 0 Å². The highest BCUT2D eigenvalue weighted by Gasteiger charge is 2.41. The lowest BCUT2D eigenvalue weighted by molar-refractivity contribution is -0.143. The lowest BCUT2D eigenvalue weighted by Gasteiger charge is -2.44. The van der Waals surface area contributed by atoms with Crippen molar-refractivity contribution in [2.75, 3.05) is 85.8 Å². The molecule has 34 heavy (non-hydrogen) atoms. The van der Waals surface area contributed by atoms with Crippen LogP contribution in [0.3, 0.4) is 0 Å². The number of rotatable bonds is 7. The van der Waals surface area contributed by atoms with Crippen molar-refractivity contribution in [1.82, 2.24) is 19.6 Å². The lowest BCUT2D eigenvalue weighted by Crippen LogP contribution is -2.54. The van der Waals surface area contributed by atoms with Crippen molar-refractivity contribution in [1.29, 1.82) is 0 Å². The maximum Gasteiger partial charge on any atom is 0.236 e. The Bertz CT molecular complexity index is 842. The summed E-state index contributed by atoms with van der Waals surface area (Å²) in [7, 11) is 2.08. The number of likely N-dealkylation sites (tertiary alicyclic amines) is 1. The molecule has 3 saturated heterocycles. The van der Waals surface area contributed by atoms with Gasteiger partial charge in [0, 0.05) is 69.2 Å². The summed E-state index contributed by atoms with van der Waals surface area (Å²) < 4.78 is 11.6. The number of ether oxygens (including phenoxy) is 2. The Kier molecular flexibility index (Phi) is 8.69. The van der Waals surface area contributed by atoms with Crippen LogP contribution in [0.4, 0.5) is 0 Å². The zero-order valence-electron chi connectivity index (χ0n) is 20.2. The minimum absolute atomic E-state index is 0.126. The van der Waals surface area contributed by atoms with Crippen LogP contribution in [-0.4, -0.2) is 117 Å². The van der Waals surface area contributed by atoms with Crippen molar-refractivity contribution in [2.45, 2.75) is 19.3 Å². The van der Waals surface area contributed by atoms with Gasteiger partial charge >= 0.3 is 0 Å². The van der Waals surface area contributed by atoms with Gasteiger partial charge in [-0.25, -0.2) is 0 Å². The fraction of sp³-hybridized carbons (Fsp3) is 0.680. The molecule has 0 spiro atoms. The molecule has 3 aliphatic rings. The molecule has 0 aromatic heterocycles. The number of piperidine rings is 1. The van der Waals surface area contributed by atoms with Crippen molar-refractivity contribution in [3.8, 4) is 5.75 Å². The molecule has 188 valence electrons. The summed E-state index contributed by atoms with van der Waals surface area (Å²) in [4.78, 5) is 34.8. The van der Waals surface area contributed by atoms with Crippen LogP contribution >= 0.6 is 11.6 Å². The van der Waals surface area contributed by atoms with Crippen molar-refractivity contribution >= 4 is 23.4 Å². The van der Waals surface area contributed by atoms with E-state index in [1.165, 1.54) is 0 Å². The Morgan fingerprint density at radius 3 is 2.53 bits per heavy atom. The average Bonchev–Trinajstić information content (AvgIpc) is 2.84. The van der Waals surface area contributed by atoms with Crippen LogP contribution in [0.15, 0.2) is 24.3 Å². The first kappa shape index (κ1) is 25.2. The molecule has 0 radical (unpaired) electrons. The zero-order valence-corrected chi connectivity index (χ0v) is 21.0. The van der Waals surface area contributed by atoms with Crippen molar-refractivity contribution in [2.24, 2.45) is 5.41 Å². The molecule has 3 fully saturated rings. The number of benzene rings is 1. The van der Waals surface area contributed by atoms with Crippen molar-refractivity contribution < 1.29 is 19.1 Å². The Balaban J connectivity index is 1.45. The highest BCUT2D eigenvalue weighted by Crippen LogP contribution is 2.36. The fourth-order valence-electron chi connectivity index (χ4n) is 5.07. The number of piperazine rings is 1. The van der Waals surface area contributed by atoms with E-state index in [2.05, 4.69) is 16.8 Å². The molecule has 1 aromatic carbocycles. The highest BCUT2D eigenvalue weighted by molar-refractivity contribution is 6.30. The minimum Gasteiger partial charge on any atom is -0.493 e. The van der Waals surface area contributed by atoms with Crippen molar-refractivity contribution in [3.05, 3.63) is 29.3 Å². The highest BCUT2D eigenvalue weighted by atomic mass is 35.5. The number of hydrogen-bond acceptors (Lipinski definition) is 6. The standard InChI is InChI=1S/C25H37ClN4O4/c1-27-8-10-29(11-9-27)23(31)17-25(20-34-22-5-2-4-21(26)16-22)6-3-7-30(19-25)24(32)18-28-12-14-33-15-13-28/h2,4-5,16H,3,6-15,17-20H2,1H3. The summed E-state index contributed by atoms with van der Waals surface area (Å²) in [6, 6.07) is 7.35. The van der Waals surface area contributed by atoms with E-state index in [0.29, 0.717) is 50.1 Å². The quantitative estimate of drug-likeness (QED) is 0.578. The Labute approximate surface area is 207 Å². The van der Waals surface area contributed by atoms with Gasteiger partial charge in [-0.1, -0.05) is 17.7 Å². The third-order valence-electron chi connectivity index (χ3n) is 7.20. The van der Waals surface area contributed by atoms with Crippen LogP contribution < -0.4 is 4.74 Å². The van der Waals surface area contributed by atoms with E-state index in [1.54, 1.807) is 6.07 Å². The van der Waals surface area contributed by atoms with Gasteiger partial charge in [0.05, 0.1) is 26.4 Å². The summed E-state index contributed by atoms with van der Waals surface area (Å²) >= 11 is 6.14. The topological polar surface area (TPSA) is 65.6 Å². The summed E-state index contributed by atoms with van der Waals surface area (Å²) in [5.74, 6) is 0.974. The monoisotopic (exact) mass is 492 g/mol. The van der Waals surface area contributed by atoms with Gasteiger partial charge in [0.15, 0.2) is 0 Å². The number of morpholine rings is 1. The van der Waals surface area contributed by atoms with E-state index in [-0.39, 0.29) is 11.8 Å². The van der Waals surface area contributed by atoms with Gasteiger partial charge in [0.1, 0.15) is 5.75 Å². The molecule has 1 unspecified atom stereocenters. The van der Waals surface area contributed by atoms with E-state index in [9.17, 15) is 9.59 Å². The SMILES string of the molecule is CN1CCN(C(=O)CC2(COc3cccc(Cl)c3)CCCN(C(=O)CN3CCOCC3)C2)CC1. The van der Waals surface area contributed by atoms with E-state index < -0.39 is 5.41 Å². The van der Waals surface area contributed by atoms with Gasteiger partial charge in [-0.15, -0.1) is 0 Å². The molecule has 4 rings (SSSR count). The number of amides is 2. The number of nitrogens with zero attached hydrogens (tertiary/aromatic N) is 4. The van der Waals surface area contributed by atoms with Gasteiger partial charge in [-0.2, -0.15) is 0 Å². The normalized spacial score (nSPS) is 24.8. The molecule has 9 heteroatoms.